The Kier molecular flexibility index (Phi) is 3.18. The molecule has 3 heterocycles. The number of carbonyl (C=O) groups excluding carboxylic acids is 1. The van der Waals surface area contributed by atoms with Gasteiger partial charge in [-0.25, -0.2) is 0 Å². The van der Waals surface area contributed by atoms with Gasteiger partial charge in [-0.1, -0.05) is 12.1 Å². The molecule has 1 atom stereocenters. The van der Waals surface area contributed by atoms with Crippen LogP contribution in [0, 0.1) is 0 Å². The summed E-state index contributed by atoms with van der Waals surface area (Å²) in [7, 11) is 0. The molecule has 0 bridgehead atoms. The predicted molar refractivity (Wildman–Crippen MR) is 96.5 cm³/mol. The van der Waals surface area contributed by atoms with Gasteiger partial charge >= 0.3 is 0 Å². The molecule has 5 nitrogen and oxygen atoms in total. The summed E-state index contributed by atoms with van der Waals surface area (Å²) in [5.41, 5.74) is 3.32. The summed E-state index contributed by atoms with van der Waals surface area (Å²) in [5.74, 6) is 1.33. The molecule has 3 aromatic rings. The Morgan fingerprint density at radius 1 is 1.08 bits per heavy atom. The lowest BCUT2D eigenvalue weighted by Gasteiger charge is -2.37. The number of anilines is 2. The molecule has 1 aromatic heterocycles. The molecular weight excluding hydrogens is 336 g/mol. The van der Waals surface area contributed by atoms with E-state index in [2.05, 4.69) is 10.7 Å². The van der Waals surface area contributed by atoms with E-state index in [1.54, 1.807) is 16.2 Å². The van der Waals surface area contributed by atoms with E-state index in [1.807, 2.05) is 53.9 Å². The van der Waals surface area contributed by atoms with Gasteiger partial charge in [0.15, 0.2) is 11.5 Å². The van der Waals surface area contributed by atoms with Gasteiger partial charge in [0.2, 0.25) is 6.79 Å². The summed E-state index contributed by atoms with van der Waals surface area (Å²) in [6, 6.07) is 15.2. The standard InChI is InChI=1S/C19H14N2O3S/c22-19-14-3-1-2-4-15(14)20-18(12-7-8-25-10-12)21(19)13-5-6-16-17(9-13)24-11-23-16/h1-10,18,20H,11H2/t18-/m1/s1. The van der Waals surface area contributed by atoms with Crippen molar-refractivity contribution in [3.05, 3.63) is 70.4 Å². The molecule has 1 amide bonds. The molecule has 1 N–H and O–H groups in total. The molecule has 0 saturated carbocycles. The maximum atomic E-state index is 13.2. The highest BCUT2D eigenvalue weighted by Gasteiger charge is 2.34. The van der Waals surface area contributed by atoms with E-state index in [-0.39, 0.29) is 18.9 Å². The second-order valence-electron chi connectivity index (χ2n) is 5.86. The number of nitrogens with one attached hydrogen (secondary N) is 1. The van der Waals surface area contributed by atoms with Crippen LogP contribution in [0.4, 0.5) is 11.4 Å². The van der Waals surface area contributed by atoms with Gasteiger partial charge in [-0.2, -0.15) is 11.3 Å². The molecule has 0 aliphatic carbocycles. The van der Waals surface area contributed by atoms with Crippen molar-refractivity contribution in [1.29, 1.82) is 0 Å². The molecule has 5 rings (SSSR count). The molecule has 0 unspecified atom stereocenters. The van der Waals surface area contributed by atoms with Crippen LogP contribution in [0.2, 0.25) is 0 Å². The van der Waals surface area contributed by atoms with Gasteiger partial charge in [-0.15, -0.1) is 0 Å². The van der Waals surface area contributed by atoms with E-state index in [0.29, 0.717) is 17.1 Å². The Balaban J connectivity index is 1.65. The number of fused-ring (bicyclic) bond motifs is 2. The van der Waals surface area contributed by atoms with Gasteiger partial charge in [-0.05, 0) is 41.1 Å². The van der Waals surface area contributed by atoms with Crippen molar-refractivity contribution in [3.63, 3.8) is 0 Å². The zero-order valence-electron chi connectivity index (χ0n) is 13.1. The third-order valence-corrected chi connectivity index (χ3v) is 5.12. The molecular formula is C19H14N2O3S. The van der Waals surface area contributed by atoms with Crippen molar-refractivity contribution < 1.29 is 14.3 Å². The van der Waals surface area contributed by atoms with E-state index in [4.69, 9.17) is 9.47 Å². The average molecular weight is 350 g/mol. The zero-order chi connectivity index (χ0) is 16.8. The van der Waals surface area contributed by atoms with Crippen LogP contribution < -0.4 is 19.7 Å². The van der Waals surface area contributed by atoms with Crippen molar-refractivity contribution in [2.24, 2.45) is 0 Å². The van der Waals surface area contributed by atoms with E-state index < -0.39 is 0 Å². The maximum Gasteiger partial charge on any atom is 0.262 e. The number of para-hydroxylation sites is 1. The third kappa shape index (κ3) is 2.26. The van der Waals surface area contributed by atoms with Gasteiger partial charge in [0, 0.05) is 17.3 Å². The first-order chi connectivity index (χ1) is 12.3. The number of rotatable bonds is 2. The second kappa shape index (κ2) is 5.53. The SMILES string of the molecule is O=C1c2ccccc2N[C@@H](c2ccsc2)N1c1ccc2c(c1)OCO2. The highest BCUT2D eigenvalue weighted by molar-refractivity contribution is 7.08. The summed E-state index contributed by atoms with van der Waals surface area (Å²) >= 11 is 1.61. The summed E-state index contributed by atoms with van der Waals surface area (Å²) in [6.07, 6.45) is -0.269. The Morgan fingerprint density at radius 2 is 1.96 bits per heavy atom. The van der Waals surface area contributed by atoms with Gasteiger partial charge < -0.3 is 14.8 Å². The van der Waals surface area contributed by atoms with Crippen LogP contribution in [0.3, 0.4) is 0 Å². The average Bonchev–Trinajstić information content (AvgIpc) is 3.33. The molecule has 2 aromatic carbocycles. The molecule has 0 radical (unpaired) electrons. The van der Waals surface area contributed by atoms with E-state index >= 15 is 0 Å². The van der Waals surface area contributed by atoms with Gasteiger partial charge in [0.25, 0.3) is 5.91 Å². The monoisotopic (exact) mass is 350 g/mol. The molecule has 0 saturated heterocycles. The molecule has 124 valence electrons. The largest absolute Gasteiger partial charge is 0.454 e. The van der Waals surface area contributed by atoms with E-state index in [9.17, 15) is 4.79 Å². The highest BCUT2D eigenvalue weighted by atomic mass is 32.1. The first kappa shape index (κ1) is 14.4. The van der Waals surface area contributed by atoms with Crippen LogP contribution >= 0.6 is 11.3 Å². The van der Waals surface area contributed by atoms with Gasteiger partial charge in [0.05, 0.1) is 11.3 Å². The number of thiophene rings is 1. The zero-order valence-corrected chi connectivity index (χ0v) is 14.0. The molecule has 6 heteroatoms. The number of benzene rings is 2. The van der Waals surface area contributed by atoms with Crippen molar-refractivity contribution in [3.8, 4) is 11.5 Å². The fourth-order valence-corrected chi connectivity index (χ4v) is 3.90. The van der Waals surface area contributed by atoms with Crippen molar-refractivity contribution in [2.45, 2.75) is 6.17 Å². The van der Waals surface area contributed by atoms with Gasteiger partial charge in [0.1, 0.15) is 6.17 Å². The summed E-state index contributed by atoms with van der Waals surface area (Å²) < 4.78 is 10.9. The molecule has 0 fully saturated rings. The van der Waals surface area contributed by atoms with Crippen molar-refractivity contribution >= 4 is 28.6 Å². The Hall–Kier alpha value is -2.99. The quantitative estimate of drug-likeness (QED) is 0.751. The fraction of sp³-hybridized carbons (Fsp3) is 0.105. The van der Waals surface area contributed by atoms with Crippen LogP contribution in [-0.2, 0) is 0 Å². The fourth-order valence-electron chi connectivity index (χ4n) is 3.22. The lowest BCUT2D eigenvalue weighted by molar-refractivity contribution is 0.0975. The second-order valence-corrected chi connectivity index (χ2v) is 6.64. The smallest absolute Gasteiger partial charge is 0.262 e. The summed E-state index contributed by atoms with van der Waals surface area (Å²) in [6.45, 7) is 0.210. The van der Waals surface area contributed by atoms with Gasteiger partial charge in [-0.3, -0.25) is 9.69 Å². The number of nitrogens with zero attached hydrogens (tertiary/aromatic N) is 1. The van der Waals surface area contributed by atoms with Crippen LogP contribution in [-0.4, -0.2) is 12.7 Å². The minimum Gasteiger partial charge on any atom is -0.454 e. The van der Waals surface area contributed by atoms with Crippen LogP contribution in [0.5, 0.6) is 11.5 Å². The summed E-state index contributed by atoms with van der Waals surface area (Å²) in [4.78, 5) is 15.0. The first-order valence-corrected chi connectivity index (χ1v) is 8.86. The molecule has 25 heavy (non-hydrogen) atoms. The first-order valence-electron chi connectivity index (χ1n) is 7.92. The third-order valence-electron chi connectivity index (χ3n) is 4.42. The lowest BCUT2D eigenvalue weighted by Crippen LogP contribution is -2.43. The topological polar surface area (TPSA) is 50.8 Å². The number of amides is 1. The minimum absolute atomic E-state index is 0.0376. The van der Waals surface area contributed by atoms with Crippen LogP contribution in [0.1, 0.15) is 22.1 Å². The Labute approximate surface area is 148 Å². The van der Waals surface area contributed by atoms with E-state index in [1.165, 1.54) is 0 Å². The maximum absolute atomic E-state index is 13.2. The van der Waals surface area contributed by atoms with Crippen molar-refractivity contribution in [1.82, 2.24) is 0 Å². The highest BCUT2D eigenvalue weighted by Crippen LogP contribution is 2.41. The number of hydrogen-bond donors (Lipinski definition) is 1. The van der Waals surface area contributed by atoms with Crippen LogP contribution in [0.15, 0.2) is 59.3 Å². The Morgan fingerprint density at radius 3 is 2.84 bits per heavy atom. The molecule has 2 aliphatic rings. The molecule has 2 aliphatic heterocycles. The predicted octanol–water partition coefficient (Wildman–Crippen LogP) is 4.25. The molecule has 0 spiro atoms. The van der Waals surface area contributed by atoms with Crippen molar-refractivity contribution in [2.75, 3.05) is 17.0 Å². The van der Waals surface area contributed by atoms with E-state index in [0.717, 1.165) is 16.9 Å². The summed E-state index contributed by atoms with van der Waals surface area (Å²) in [5, 5.41) is 7.55. The lowest BCUT2D eigenvalue weighted by atomic mass is 10.0. The Bertz CT molecular complexity index is 955. The minimum atomic E-state index is -0.269. The van der Waals surface area contributed by atoms with Crippen LogP contribution in [0.25, 0.3) is 0 Å². The number of ether oxygens (including phenoxy) is 2. The normalized spacial score (nSPS) is 18.0. The number of carbonyl (C=O) groups is 1. The number of hydrogen-bond acceptors (Lipinski definition) is 5.